The lowest BCUT2D eigenvalue weighted by atomic mass is 10.3. The van der Waals surface area contributed by atoms with Gasteiger partial charge < -0.3 is 5.32 Å². The van der Waals surface area contributed by atoms with Crippen molar-refractivity contribution in [3.05, 3.63) is 36.7 Å². The summed E-state index contributed by atoms with van der Waals surface area (Å²) in [6.07, 6.45) is 5.01. The average Bonchev–Trinajstić information content (AvgIpc) is 2.97. The molecule has 2 heterocycles. The number of hydrogen-bond donors (Lipinski definition) is 1. The van der Waals surface area contributed by atoms with E-state index in [4.69, 9.17) is 0 Å². The Balaban J connectivity index is 1.90. The summed E-state index contributed by atoms with van der Waals surface area (Å²) < 4.78 is 49.5. The van der Waals surface area contributed by atoms with Crippen molar-refractivity contribution in [3.63, 3.8) is 0 Å². The van der Waals surface area contributed by atoms with Crippen LogP contribution in [0.25, 0.3) is 11.0 Å². The van der Waals surface area contributed by atoms with Gasteiger partial charge in [0, 0.05) is 17.9 Å². The van der Waals surface area contributed by atoms with Crippen molar-refractivity contribution in [3.8, 4) is 0 Å². The van der Waals surface area contributed by atoms with Gasteiger partial charge in [-0.2, -0.15) is 13.8 Å². The third-order valence-corrected chi connectivity index (χ3v) is 7.01. The van der Waals surface area contributed by atoms with E-state index in [0.29, 0.717) is 21.0 Å². The summed E-state index contributed by atoms with van der Waals surface area (Å²) >= 11 is 0. The zero-order valence-corrected chi connectivity index (χ0v) is 17.4. The second-order valence-electron chi connectivity index (χ2n) is 6.55. The van der Waals surface area contributed by atoms with E-state index >= 15 is 0 Å². The zero-order valence-electron chi connectivity index (χ0n) is 15.7. The normalized spacial score (nSPS) is 12.5. The van der Waals surface area contributed by atoms with Gasteiger partial charge in [0.15, 0.2) is 5.65 Å². The Bertz CT molecular complexity index is 1190. The second kappa shape index (κ2) is 7.02. The highest BCUT2D eigenvalue weighted by molar-refractivity contribution is 8.09. The number of benzene rings is 1. The first-order chi connectivity index (χ1) is 13.0. The van der Waals surface area contributed by atoms with E-state index in [0.717, 1.165) is 17.9 Å². The van der Waals surface area contributed by atoms with Crippen LogP contribution < -0.4 is 9.03 Å². The van der Waals surface area contributed by atoms with Crippen molar-refractivity contribution >= 4 is 48.4 Å². The number of sulfonamides is 2. The molecule has 2 aromatic heterocycles. The van der Waals surface area contributed by atoms with Crippen LogP contribution in [0.15, 0.2) is 36.7 Å². The summed E-state index contributed by atoms with van der Waals surface area (Å²) in [5.74, 6) is 0.339. The first kappa shape index (κ1) is 20.0. The molecule has 0 saturated carbocycles. The largest absolute Gasteiger partial charge is 0.324 e. The van der Waals surface area contributed by atoms with Crippen LogP contribution in [0.2, 0.25) is 0 Å². The fourth-order valence-electron chi connectivity index (χ4n) is 2.70. The van der Waals surface area contributed by atoms with Gasteiger partial charge in [-0.1, -0.05) is 0 Å². The molecule has 0 aliphatic heterocycles. The molecule has 0 fully saturated rings. The lowest BCUT2D eigenvalue weighted by Gasteiger charge is -2.19. The predicted octanol–water partition coefficient (Wildman–Crippen LogP) is 1.88. The van der Waals surface area contributed by atoms with Crippen LogP contribution in [0, 0.1) is 0 Å². The molecule has 0 bridgehead atoms. The summed E-state index contributed by atoms with van der Waals surface area (Å²) in [4.78, 5) is 8.70. The van der Waals surface area contributed by atoms with Gasteiger partial charge in [-0.15, -0.1) is 0 Å². The van der Waals surface area contributed by atoms with Crippen molar-refractivity contribution in [2.45, 2.75) is 19.9 Å². The molecule has 0 unspecified atom stereocenters. The lowest BCUT2D eigenvalue weighted by Crippen LogP contribution is -2.35. The molecule has 28 heavy (non-hydrogen) atoms. The molecule has 10 nitrogen and oxygen atoms in total. The molecular formula is C16H20N6O4S2. The molecule has 0 aliphatic carbocycles. The van der Waals surface area contributed by atoms with Gasteiger partial charge in [0.2, 0.25) is 26.0 Å². The Hall–Kier alpha value is -2.73. The Labute approximate surface area is 163 Å². The van der Waals surface area contributed by atoms with Gasteiger partial charge in [-0.3, -0.25) is 0 Å². The molecule has 3 aromatic rings. The quantitative estimate of drug-likeness (QED) is 0.635. The second-order valence-corrected chi connectivity index (χ2v) is 10.4. The van der Waals surface area contributed by atoms with Crippen LogP contribution in [0.5, 0.6) is 0 Å². The van der Waals surface area contributed by atoms with Crippen LogP contribution >= 0.6 is 0 Å². The van der Waals surface area contributed by atoms with E-state index in [1.807, 2.05) is 13.8 Å². The highest BCUT2D eigenvalue weighted by Gasteiger charge is 2.27. The maximum Gasteiger partial charge on any atom is 0.245 e. The van der Waals surface area contributed by atoms with Crippen molar-refractivity contribution in [1.29, 1.82) is 0 Å². The van der Waals surface area contributed by atoms with Gasteiger partial charge in [-0.05, 0) is 38.1 Å². The minimum Gasteiger partial charge on any atom is -0.324 e. The lowest BCUT2D eigenvalue weighted by molar-refractivity contribution is 0.546. The topological polar surface area (TPSA) is 127 Å². The molecule has 0 atom stereocenters. The third-order valence-electron chi connectivity index (χ3n) is 3.76. The Morgan fingerprint density at radius 3 is 2.14 bits per heavy atom. The summed E-state index contributed by atoms with van der Waals surface area (Å²) in [6, 6.07) is 6.01. The van der Waals surface area contributed by atoms with Crippen LogP contribution in [0.4, 0.5) is 17.3 Å². The Morgan fingerprint density at radius 2 is 1.61 bits per heavy atom. The summed E-state index contributed by atoms with van der Waals surface area (Å²) in [6.45, 7) is 3.99. The predicted molar refractivity (Wildman–Crippen MR) is 108 cm³/mol. The molecule has 0 amide bonds. The van der Waals surface area contributed by atoms with Gasteiger partial charge in [0.05, 0.1) is 29.8 Å². The maximum atomic E-state index is 11.8. The Morgan fingerprint density at radius 1 is 1.00 bits per heavy atom. The summed E-state index contributed by atoms with van der Waals surface area (Å²) in [5, 5.41) is 8.11. The molecule has 0 spiro atoms. The number of nitrogens with one attached hydrogen (secondary N) is 1. The van der Waals surface area contributed by atoms with E-state index in [1.54, 1.807) is 29.2 Å². The van der Waals surface area contributed by atoms with Gasteiger partial charge in [-0.25, -0.2) is 26.5 Å². The molecule has 12 heteroatoms. The van der Waals surface area contributed by atoms with Crippen molar-refractivity contribution in [2.75, 3.05) is 21.5 Å². The fraction of sp³-hybridized carbons (Fsp3) is 0.312. The van der Waals surface area contributed by atoms with E-state index in [2.05, 4.69) is 20.4 Å². The van der Waals surface area contributed by atoms with Crippen LogP contribution in [-0.4, -0.2) is 49.1 Å². The van der Waals surface area contributed by atoms with E-state index in [-0.39, 0.29) is 11.7 Å². The molecule has 3 rings (SSSR count). The fourth-order valence-corrected chi connectivity index (χ4v) is 5.68. The number of hydrogen-bond acceptors (Lipinski definition) is 8. The van der Waals surface area contributed by atoms with E-state index in [1.165, 1.54) is 12.1 Å². The molecule has 1 aromatic carbocycles. The molecule has 0 radical (unpaired) electrons. The smallest absolute Gasteiger partial charge is 0.245 e. The maximum absolute atomic E-state index is 11.8. The minimum atomic E-state index is -3.99. The number of fused-ring (bicyclic) bond motifs is 1. The number of anilines is 3. The van der Waals surface area contributed by atoms with Crippen molar-refractivity contribution < 1.29 is 16.8 Å². The highest BCUT2D eigenvalue weighted by atomic mass is 32.3. The van der Waals surface area contributed by atoms with Crippen molar-refractivity contribution in [2.24, 2.45) is 0 Å². The Kier molecular flexibility index (Phi) is 5.02. The van der Waals surface area contributed by atoms with Crippen LogP contribution in [-0.2, 0) is 20.0 Å². The number of nitrogens with zero attached hydrogens (tertiary/aromatic N) is 5. The average molecular weight is 425 g/mol. The van der Waals surface area contributed by atoms with Gasteiger partial charge in [0.25, 0.3) is 0 Å². The van der Waals surface area contributed by atoms with Crippen molar-refractivity contribution in [1.82, 2.24) is 19.7 Å². The monoisotopic (exact) mass is 424 g/mol. The van der Waals surface area contributed by atoms with E-state index < -0.39 is 20.0 Å². The zero-order chi connectivity index (χ0) is 20.7. The molecule has 0 saturated heterocycles. The molecule has 1 N–H and O–H groups in total. The van der Waals surface area contributed by atoms with E-state index in [9.17, 15) is 16.8 Å². The number of aromatic nitrogens is 4. The number of rotatable bonds is 6. The summed E-state index contributed by atoms with van der Waals surface area (Å²) in [5.41, 5.74) is 1.27. The van der Waals surface area contributed by atoms with Crippen LogP contribution in [0.3, 0.4) is 0 Å². The minimum absolute atomic E-state index is 0.0183. The molecule has 0 aliphatic rings. The standard InChI is InChI=1S/C16H20N6O4S2/c1-11(2)21-15-12(10-18-21)9-17-16(20-15)19-13-5-7-14(8-6-13)22(27(3,23)24)28(4,25)26/h5-11H,1-4H3,(H,17,19,20). The third kappa shape index (κ3) is 4.07. The highest BCUT2D eigenvalue weighted by Crippen LogP contribution is 2.24. The first-order valence-corrected chi connectivity index (χ1v) is 11.9. The van der Waals surface area contributed by atoms with Gasteiger partial charge >= 0.3 is 0 Å². The summed E-state index contributed by atoms with van der Waals surface area (Å²) in [7, 11) is -7.98. The van der Waals surface area contributed by atoms with Gasteiger partial charge in [0.1, 0.15) is 0 Å². The SMILES string of the molecule is CC(C)n1ncc2cnc(Nc3ccc(N(S(C)(=O)=O)S(C)(=O)=O)cc3)nc21. The molecule has 150 valence electrons. The first-order valence-electron chi connectivity index (χ1n) is 8.24. The van der Waals surface area contributed by atoms with Crippen LogP contribution in [0.1, 0.15) is 19.9 Å². The molecular weight excluding hydrogens is 404 g/mol.